The third kappa shape index (κ3) is 4.84. The fourth-order valence-electron chi connectivity index (χ4n) is 0.497. The molecule has 0 aliphatic rings. The van der Waals surface area contributed by atoms with Gasteiger partial charge in [-0.25, -0.2) is 13.1 Å². The summed E-state index contributed by atoms with van der Waals surface area (Å²) in [6.07, 6.45) is 1.07. The van der Waals surface area contributed by atoms with Crippen molar-refractivity contribution in [1.29, 1.82) is 0 Å². The van der Waals surface area contributed by atoms with Crippen molar-refractivity contribution in [3.8, 4) is 0 Å². The van der Waals surface area contributed by atoms with Gasteiger partial charge in [-0.3, -0.25) is 0 Å². The van der Waals surface area contributed by atoms with Gasteiger partial charge in [0, 0.05) is 12.4 Å². The van der Waals surface area contributed by atoms with Crippen molar-refractivity contribution in [1.82, 2.24) is 4.72 Å². The molecule has 0 amide bonds. The summed E-state index contributed by atoms with van der Waals surface area (Å²) in [6.45, 7) is 0.0133. The molecule has 0 aliphatic heterocycles. The Morgan fingerprint density at radius 3 is 2.33 bits per heavy atom. The van der Waals surface area contributed by atoms with Crippen molar-refractivity contribution in [3.63, 3.8) is 0 Å². The number of sulfonamides is 1. The zero-order valence-corrected chi connectivity index (χ0v) is 7.84. The zero-order valence-electron chi connectivity index (χ0n) is 6.26. The Bertz CT molecular complexity index is 207. The van der Waals surface area contributed by atoms with Crippen molar-refractivity contribution in [2.24, 2.45) is 0 Å². The molecule has 0 radical (unpaired) electrons. The fourth-order valence-corrected chi connectivity index (χ4v) is 1.24. The minimum Gasteiger partial charge on any atom is -0.210 e. The molecule has 0 saturated carbocycles. The van der Waals surface area contributed by atoms with E-state index in [9.17, 15) is 17.2 Å². The lowest BCUT2D eigenvalue weighted by Crippen LogP contribution is -2.30. The molecular weight excluding hydrogens is 212 g/mol. The summed E-state index contributed by atoms with van der Waals surface area (Å²) in [5.41, 5.74) is 0. The van der Waals surface area contributed by atoms with Gasteiger partial charge in [0.25, 0.3) is 10.0 Å². The Balaban J connectivity index is 3.63. The third-order valence-electron chi connectivity index (χ3n) is 1.10. The summed E-state index contributed by atoms with van der Waals surface area (Å²) < 4.78 is 45.8. The number of alkyl halides is 3. The van der Waals surface area contributed by atoms with Crippen LogP contribution in [-0.2, 0) is 10.0 Å². The summed E-state index contributed by atoms with van der Waals surface area (Å²) in [4.78, 5) is 0. The van der Waals surface area contributed by atoms with E-state index in [-0.39, 0.29) is 6.54 Å². The van der Waals surface area contributed by atoms with Gasteiger partial charge in [-0.15, -0.1) is 11.6 Å². The van der Waals surface area contributed by atoms with Crippen LogP contribution in [0.3, 0.4) is 0 Å². The lowest BCUT2D eigenvalue weighted by Gasteiger charge is -2.03. The van der Waals surface area contributed by atoms with E-state index in [1.54, 1.807) is 4.72 Å². The highest BCUT2D eigenvalue weighted by Gasteiger charge is 2.22. The molecular formula is C5H10ClF2NO2S. The molecule has 0 unspecified atom stereocenters. The molecule has 0 aromatic heterocycles. The van der Waals surface area contributed by atoms with Crippen molar-refractivity contribution < 1.29 is 17.2 Å². The fraction of sp³-hybridized carbons (Fsp3) is 1.00. The lowest BCUT2D eigenvalue weighted by atomic mass is 10.3. The molecule has 0 aromatic carbocycles. The largest absolute Gasteiger partial charge is 0.350 e. The number of unbranched alkanes of at least 4 members (excludes halogenated alkanes) is 1. The van der Waals surface area contributed by atoms with Gasteiger partial charge in [-0.2, -0.15) is 8.78 Å². The molecule has 0 heterocycles. The van der Waals surface area contributed by atoms with E-state index >= 15 is 0 Å². The average Bonchev–Trinajstić information content (AvgIpc) is 1.98. The zero-order chi connectivity index (χ0) is 9.61. The van der Waals surface area contributed by atoms with E-state index in [1.165, 1.54) is 0 Å². The molecule has 0 aliphatic carbocycles. The summed E-state index contributed by atoms with van der Waals surface area (Å²) in [7, 11) is -4.41. The molecule has 7 heteroatoms. The molecule has 0 rings (SSSR count). The van der Waals surface area contributed by atoms with Gasteiger partial charge in [0.1, 0.15) is 0 Å². The standard InChI is InChI=1S/C5H10ClF2NO2S/c6-3-1-2-4-9-12(10,11)5(7)8/h5,9H,1-4H2. The SMILES string of the molecule is O=S(=O)(NCCCCCl)C(F)F. The third-order valence-corrected chi connectivity index (χ3v) is 2.44. The number of hydrogen-bond acceptors (Lipinski definition) is 2. The molecule has 0 atom stereocenters. The second kappa shape index (κ2) is 5.66. The van der Waals surface area contributed by atoms with Gasteiger partial charge in [0.15, 0.2) is 0 Å². The van der Waals surface area contributed by atoms with Crippen LogP contribution in [-0.4, -0.2) is 26.6 Å². The Labute approximate surface area is 75.1 Å². The van der Waals surface area contributed by atoms with Crippen molar-refractivity contribution in [3.05, 3.63) is 0 Å². The maximum atomic E-state index is 11.6. The summed E-state index contributed by atoms with van der Waals surface area (Å²) >= 11 is 5.29. The lowest BCUT2D eigenvalue weighted by molar-refractivity contribution is 0.232. The number of rotatable bonds is 6. The van der Waals surface area contributed by atoms with Gasteiger partial charge in [-0.1, -0.05) is 0 Å². The van der Waals surface area contributed by atoms with Gasteiger partial charge in [0.05, 0.1) is 0 Å². The van der Waals surface area contributed by atoms with Crippen molar-refractivity contribution in [2.45, 2.75) is 18.6 Å². The second-order valence-electron chi connectivity index (χ2n) is 2.10. The predicted molar refractivity (Wildman–Crippen MR) is 42.9 cm³/mol. The van der Waals surface area contributed by atoms with Crippen LogP contribution in [0.15, 0.2) is 0 Å². The normalized spacial score (nSPS) is 12.3. The Morgan fingerprint density at radius 1 is 1.33 bits per heavy atom. The molecule has 0 aromatic rings. The molecule has 3 nitrogen and oxygen atoms in total. The van der Waals surface area contributed by atoms with Gasteiger partial charge >= 0.3 is 5.76 Å². The van der Waals surface area contributed by atoms with Crippen LogP contribution in [0.4, 0.5) is 8.78 Å². The van der Waals surface area contributed by atoms with Crippen molar-refractivity contribution >= 4 is 21.6 Å². The monoisotopic (exact) mass is 221 g/mol. The molecule has 1 N–H and O–H groups in total. The highest BCUT2D eigenvalue weighted by Crippen LogP contribution is 2.01. The Morgan fingerprint density at radius 2 is 1.92 bits per heavy atom. The smallest absolute Gasteiger partial charge is 0.210 e. The van der Waals surface area contributed by atoms with E-state index in [2.05, 4.69) is 0 Å². The van der Waals surface area contributed by atoms with Crippen LogP contribution in [0.2, 0.25) is 0 Å². The number of hydrogen-bond donors (Lipinski definition) is 1. The summed E-state index contributed by atoms with van der Waals surface area (Å²) in [5, 5.41) is 0. The quantitative estimate of drug-likeness (QED) is 0.540. The van der Waals surface area contributed by atoms with E-state index in [0.29, 0.717) is 18.7 Å². The van der Waals surface area contributed by atoms with Crippen LogP contribution >= 0.6 is 11.6 Å². The van der Waals surface area contributed by atoms with Gasteiger partial charge in [0.2, 0.25) is 0 Å². The minimum absolute atomic E-state index is 0.0133. The maximum Gasteiger partial charge on any atom is 0.350 e. The first-order valence-electron chi connectivity index (χ1n) is 3.33. The van der Waals surface area contributed by atoms with Crippen LogP contribution < -0.4 is 4.72 Å². The Kier molecular flexibility index (Phi) is 5.69. The van der Waals surface area contributed by atoms with E-state index in [0.717, 1.165) is 0 Å². The summed E-state index contributed by atoms with van der Waals surface area (Å²) in [5.74, 6) is -2.95. The molecule has 0 bridgehead atoms. The number of halogens is 3. The van der Waals surface area contributed by atoms with E-state index in [1.807, 2.05) is 0 Å². The van der Waals surface area contributed by atoms with Crippen LogP contribution in [0.1, 0.15) is 12.8 Å². The maximum absolute atomic E-state index is 11.6. The topological polar surface area (TPSA) is 46.2 Å². The first-order valence-corrected chi connectivity index (χ1v) is 5.41. The van der Waals surface area contributed by atoms with Gasteiger partial charge < -0.3 is 0 Å². The molecule has 12 heavy (non-hydrogen) atoms. The molecule has 0 spiro atoms. The average molecular weight is 222 g/mol. The first kappa shape index (κ1) is 12.1. The van der Waals surface area contributed by atoms with Crippen LogP contribution in [0, 0.1) is 0 Å². The molecule has 74 valence electrons. The van der Waals surface area contributed by atoms with Crippen LogP contribution in [0.25, 0.3) is 0 Å². The first-order chi connectivity index (χ1) is 5.50. The summed E-state index contributed by atoms with van der Waals surface area (Å²) in [6, 6.07) is 0. The second-order valence-corrected chi connectivity index (χ2v) is 4.21. The van der Waals surface area contributed by atoms with E-state index < -0.39 is 15.8 Å². The molecule has 0 fully saturated rings. The number of nitrogens with one attached hydrogen (secondary N) is 1. The molecule has 0 saturated heterocycles. The Hall–Kier alpha value is 0.0600. The van der Waals surface area contributed by atoms with Crippen LogP contribution in [0.5, 0.6) is 0 Å². The highest BCUT2D eigenvalue weighted by atomic mass is 35.5. The van der Waals surface area contributed by atoms with E-state index in [4.69, 9.17) is 11.6 Å². The highest BCUT2D eigenvalue weighted by molar-refractivity contribution is 7.89. The predicted octanol–water partition coefficient (Wildman–Crippen LogP) is 1.15. The van der Waals surface area contributed by atoms with Crippen molar-refractivity contribution in [2.75, 3.05) is 12.4 Å². The van der Waals surface area contributed by atoms with Gasteiger partial charge in [-0.05, 0) is 12.8 Å². The minimum atomic E-state index is -4.41.